The summed E-state index contributed by atoms with van der Waals surface area (Å²) in [5.41, 5.74) is 0.666. The quantitative estimate of drug-likeness (QED) is 0.805. The Balaban J connectivity index is 2.24. The van der Waals surface area contributed by atoms with Crippen LogP contribution >= 0.6 is 11.6 Å². The second kappa shape index (κ2) is 8.49. The zero-order valence-corrected chi connectivity index (χ0v) is 15.2. The van der Waals surface area contributed by atoms with E-state index in [9.17, 15) is 19.5 Å². The number of carbonyl (C=O) groups excluding carboxylic acids is 2. The first kappa shape index (κ1) is 19.5. The minimum atomic E-state index is -1.19. The highest BCUT2D eigenvalue weighted by molar-refractivity contribution is 6.34. The highest BCUT2D eigenvalue weighted by atomic mass is 35.5. The lowest BCUT2D eigenvalue weighted by molar-refractivity contribution is 0.0691. The number of aromatic carboxylic acids is 1. The van der Waals surface area contributed by atoms with Crippen molar-refractivity contribution < 1.29 is 19.5 Å². The monoisotopic (exact) mass is 374 g/mol. The van der Waals surface area contributed by atoms with Crippen LogP contribution in [-0.2, 0) is 0 Å². The molecule has 0 aliphatic carbocycles. The Hall–Kier alpha value is -2.86. The number of nitrogens with zero attached hydrogens (tertiary/aromatic N) is 1. The average molecular weight is 375 g/mol. The topological polar surface area (TPSA) is 86.7 Å². The molecule has 0 atom stereocenters. The normalized spacial score (nSPS) is 10.3. The first-order chi connectivity index (χ1) is 12.4. The highest BCUT2D eigenvalue weighted by Crippen LogP contribution is 2.23. The number of rotatable bonds is 6. The number of benzene rings is 2. The van der Waals surface area contributed by atoms with Crippen LogP contribution in [-0.4, -0.2) is 40.9 Å². The number of anilines is 1. The fourth-order valence-electron chi connectivity index (χ4n) is 2.51. The van der Waals surface area contributed by atoms with E-state index in [1.807, 2.05) is 13.8 Å². The fourth-order valence-corrected chi connectivity index (χ4v) is 2.77. The molecular formula is C19H19ClN2O4. The number of carbonyl (C=O) groups is 3. The van der Waals surface area contributed by atoms with E-state index in [4.69, 9.17) is 11.6 Å². The summed E-state index contributed by atoms with van der Waals surface area (Å²) in [5, 5.41) is 12.0. The molecule has 6 nitrogen and oxygen atoms in total. The van der Waals surface area contributed by atoms with Crippen LogP contribution in [0.3, 0.4) is 0 Å². The van der Waals surface area contributed by atoms with Crippen LogP contribution in [0.15, 0.2) is 42.5 Å². The number of nitrogens with one attached hydrogen (secondary N) is 1. The smallest absolute Gasteiger partial charge is 0.336 e. The summed E-state index contributed by atoms with van der Waals surface area (Å²) in [4.78, 5) is 37.6. The first-order valence-corrected chi connectivity index (χ1v) is 8.49. The molecule has 0 unspecified atom stereocenters. The Labute approximate surface area is 156 Å². The summed E-state index contributed by atoms with van der Waals surface area (Å²) in [6, 6.07) is 10.5. The largest absolute Gasteiger partial charge is 0.478 e. The Bertz CT molecular complexity index is 847. The molecule has 0 saturated heterocycles. The van der Waals surface area contributed by atoms with Gasteiger partial charge >= 0.3 is 5.97 Å². The summed E-state index contributed by atoms with van der Waals surface area (Å²) in [7, 11) is 0. The summed E-state index contributed by atoms with van der Waals surface area (Å²) in [6.07, 6.45) is 0. The maximum atomic E-state index is 12.4. The third-order valence-electron chi connectivity index (χ3n) is 3.91. The van der Waals surface area contributed by atoms with Gasteiger partial charge in [-0.2, -0.15) is 0 Å². The Morgan fingerprint density at radius 2 is 1.62 bits per heavy atom. The van der Waals surface area contributed by atoms with Gasteiger partial charge in [0.2, 0.25) is 0 Å². The minimum Gasteiger partial charge on any atom is -0.478 e. The summed E-state index contributed by atoms with van der Waals surface area (Å²) < 4.78 is 0. The molecule has 7 heteroatoms. The Kier molecular flexibility index (Phi) is 6.36. The summed E-state index contributed by atoms with van der Waals surface area (Å²) in [5.74, 6) is -1.94. The zero-order valence-electron chi connectivity index (χ0n) is 14.5. The third-order valence-corrected chi connectivity index (χ3v) is 4.22. The van der Waals surface area contributed by atoms with Crippen LogP contribution in [0.25, 0.3) is 0 Å². The van der Waals surface area contributed by atoms with Gasteiger partial charge in [0.15, 0.2) is 0 Å². The molecule has 2 N–H and O–H groups in total. The van der Waals surface area contributed by atoms with Crippen LogP contribution in [0.5, 0.6) is 0 Å². The van der Waals surface area contributed by atoms with Crippen molar-refractivity contribution in [2.45, 2.75) is 13.8 Å². The molecule has 0 aromatic heterocycles. The van der Waals surface area contributed by atoms with E-state index in [1.54, 1.807) is 29.2 Å². The van der Waals surface area contributed by atoms with Gasteiger partial charge in [0.05, 0.1) is 21.7 Å². The fraction of sp³-hybridized carbons (Fsp3) is 0.211. The Morgan fingerprint density at radius 3 is 2.15 bits per heavy atom. The van der Waals surface area contributed by atoms with Crippen molar-refractivity contribution in [3.8, 4) is 0 Å². The molecule has 2 amide bonds. The minimum absolute atomic E-state index is 0.0411. The van der Waals surface area contributed by atoms with E-state index >= 15 is 0 Å². The van der Waals surface area contributed by atoms with Crippen molar-refractivity contribution in [1.82, 2.24) is 4.90 Å². The van der Waals surface area contributed by atoms with Crippen molar-refractivity contribution in [2.24, 2.45) is 0 Å². The van der Waals surface area contributed by atoms with Gasteiger partial charge in [-0.3, -0.25) is 9.59 Å². The molecule has 0 spiro atoms. The number of carboxylic acids is 1. The van der Waals surface area contributed by atoms with E-state index < -0.39 is 11.9 Å². The van der Waals surface area contributed by atoms with Gasteiger partial charge in [0.25, 0.3) is 11.8 Å². The lowest BCUT2D eigenvalue weighted by Crippen LogP contribution is -2.30. The lowest BCUT2D eigenvalue weighted by Gasteiger charge is -2.19. The number of hydrogen-bond donors (Lipinski definition) is 2. The third kappa shape index (κ3) is 4.21. The van der Waals surface area contributed by atoms with Gasteiger partial charge in [0, 0.05) is 18.8 Å². The molecule has 26 heavy (non-hydrogen) atoms. The van der Waals surface area contributed by atoms with Crippen LogP contribution in [0.4, 0.5) is 5.69 Å². The van der Waals surface area contributed by atoms with Gasteiger partial charge in [-0.1, -0.05) is 23.7 Å². The standard InChI is InChI=1S/C19H19ClN2O4/c1-3-22(4-2)18(24)15-10-9-12(11-16(15)20)21-17(23)13-7-5-6-8-14(13)19(25)26/h5-11H,3-4H2,1-2H3,(H,21,23)(H,25,26). The first-order valence-electron chi connectivity index (χ1n) is 8.11. The second-order valence-corrected chi connectivity index (χ2v) is 5.88. The highest BCUT2D eigenvalue weighted by Gasteiger charge is 2.18. The van der Waals surface area contributed by atoms with Gasteiger partial charge in [-0.25, -0.2) is 4.79 Å². The molecule has 2 rings (SSSR count). The molecule has 2 aromatic rings. The number of carboxylic acid groups (broad SMARTS) is 1. The second-order valence-electron chi connectivity index (χ2n) is 5.48. The van der Waals surface area contributed by atoms with Crippen LogP contribution in [0.1, 0.15) is 44.9 Å². The van der Waals surface area contributed by atoms with E-state index in [1.165, 1.54) is 18.2 Å². The molecule has 0 saturated carbocycles. The molecule has 0 aliphatic rings. The number of halogens is 1. The molecule has 136 valence electrons. The van der Waals surface area contributed by atoms with Crippen LogP contribution in [0, 0.1) is 0 Å². The maximum Gasteiger partial charge on any atom is 0.336 e. The molecule has 0 bridgehead atoms. The predicted molar refractivity (Wildman–Crippen MR) is 100 cm³/mol. The summed E-state index contributed by atoms with van der Waals surface area (Å²) in [6.45, 7) is 4.89. The molecule has 0 fully saturated rings. The van der Waals surface area contributed by atoms with Gasteiger partial charge in [-0.05, 0) is 44.2 Å². The predicted octanol–water partition coefficient (Wildman–Crippen LogP) is 3.77. The number of amides is 2. The van der Waals surface area contributed by atoms with Crippen molar-refractivity contribution in [3.63, 3.8) is 0 Å². The molecule has 0 aliphatic heterocycles. The van der Waals surface area contributed by atoms with Crippen molar-refractivity contribution in [1.29, 1.82) is 0 Å². The zero-order chi connectivity index (χ0) is 19.3. The van der Waals surface area contributed by atoms with Gasteiger partial charge in [-0.15, -0.1) is 0 Å². The Morgan fingerprint density at radius 1 is 1.00 bits per heavy atom. The van der Waals surface area contributed by atoms with Crippen LogP contribution < -0.4 is 5.32 Å². The van der Waals surface area contributed by atoms with Crippen molar-refractivity contribution >= 4 is 35.1 Å². The SMILES string of the molecule is CCN(CC)C(=O)c1ccc(NC(=O)c2ccccc2C(=O)O)cc1Cl. The van der Waals surface area contributed by atoms with E-state index in [2.05, 4.69) is 5.32 Å². The van der Waals surface area contributed by atoms with E-state index in [0.717, 1.165) is 0 Å². The molecular weight excluding hydrogens is 356 g/mol. The van der Waals surface area contributed by atoms with E-state index in [0.29, 0.717) is 24.3 Å². The average Bonchev–Trinajstić information content (AvgIpc) is 2.62. The van der Waals surface area contributed by atoms with Crippen molar-refractivity contribution in [3.05, 3.63) is 64.2 Å². The number of hydrogen-bond acceptors (Lipinski definition) is 3. The van der Waals surface area contributed by atoms with Gasteiger partial charge in [0.1, 0.15) is 0 Å². The summed E-state index contributed by atoms with van der Waals surface area (Å²) >= 11 is 6.20. The van der Waals surface area contributed by atoms with Gasteiger partial charge < -0.3 is 15.3 Å². The molecule has 0 radical (unpaired) electrons. The van der Waals surface area contributed by atoms with E-state index in [-0.39, 0.29) is 22.1 Å². The lowest BCUT2D eigenvalue weighted by atomic mass is 10.1. The van der Waals surface area contributed by atoms with Crippen molar-refractivity contribution in [2.75, 3.05) is 18.4 Å². The molecule has 0 heterocycles. The van der Waals surface area contributed by atoms with Crippen LogP contribution in [0.2, 0.25) is 5.02 Å². The maximum absolute atomic E-state index is 12.4. The molecule has 2 aromatic carbocycles.